The number of halogens is 1. The van der Waals surface area contributed by atoms with Crippen molar-refractivity contribution in [1.29, 1.82) is 0 Å². The van der Waals surface area contributed by atoms with Gasteiger partial charge in [-0.15, -0.1) is 23.5 Å². The van der Waals surface area contributed by atoms with Gasteiger partial charge in [-0.05, 0) is 42.0 Å². The fourth-order valence-corrected chi connectivity index (χ4v) is 5.54. The minimum Gasteiger partial charge on any atom is -0.452 e. The minimum atomic E-state index is -0.592. The Morgan fingerprint density at radius 2 is 1.70 bits per heavy atom. The van der Waals surface area contributed by atoms with Gasteiger partial charge in [-0.1, -0.05) is 12.1 Å². The van der Waals surface area contributed by atoms with E-state index in [0.717, 1.165) is 22.0 Å². The zero-order chi connectivity index (χ0) is 21.5. The molecular weight excluding hydrogens is 427 g/mol. The summed E-state index contributed by atoms with van der Waals surface area (Å²) in [5.74, 6) is 0.293. The predicted octanol–water partition coefficient (Wildman–Crippen LogP) is 3.56. The second-order valence-corrected chi connectivity index (χ2v) is 9.30. The number of rotatable bonds is 7. The molecule has 0 bridgehead atoms. The summed E-state index contributed by atoms with van der Waals surface area (Å²) in [6.07, 6.45) is 0. The average molecular weight is 449 g/mol. The van der Waals surface area contributed by atoms with Gasteiger partial charge < -0.3 is 15.0 Å². The second-order valence-electron chi connectivity index (χ2n) is 6.58. The highest BCUT2D eigenvalue weighted by Crippen LogP contribution is 2.45. The van der Waals surface area contributed by atoms with Crippen LogP contribution in [0.15, 0.2) is 48.5 Å². The zero-order valence-corrected chi connectivity index (χ0v) is 17.9. The molecule has 0 spiro atoms. The highest BCUT2D eigenvalue weighted by molar-refractivity contribution is 8.19. The van der Waals surface area contributed by atoms with E-state index in [0.29, 0.717) is 15.8 Å². The van der Waals surface area contributed by atoms with Crippen LogP contribution >= 0.6 is 23.5 Å². The molecule has 0 saturated carbocycles. The normalized spacial score (nSPS) is 13.7. The van der Waals surface area contributed by atoms with Gasteiger partial charge in [0.1, 0.15) is 5.82 Å². The lowest BCUT2D eigenvalue weighted by atomic mass is 10.1. The molecule has 6 nitrogen and oxygen atoms in total. The smallest absolute Gasteiger partial charge is 0.338 e. The van der Waals surface area contributed by atoms with E-state index >= 15 is 0 Å². The molecule has 2 aromatic carbocycles. The summed E-state index contributed by atoms with van der Waals surface area (Å²) < 4.78 is 18.4. The molecule has 1 aliphatic rings. The Labute approximate surface area is 182 Å². The first-order valence-corrected chi connectivity index (χ1v) is 11.3. The number of esters is 1. The maximum atomic E-state index is 12.9. The number of anilines is 1. The van der Waals surface area contributed by atoms with Crippen LogP contribution in [0.1, 0.15) is 20.5 Å². The summed E-state index contributed by atoms with van der Waals surface area (Å²) in [7, 11) is 1.44. The number of likely N-dealkylation sites (N-methyl/N-ethyl adjacent to an activating group) is 1. The SMILES string of the molecule is CN(CC(=O)Nc1ccc(F)cc1)C(=O)COC(=O)c1ccc(C2SCCS2)cc1. The summed E-state index contributed by atoms with van der Waals surface area (Å²) >= 11 is 3.76. The van der Waals surface area contributed by atoms with E-state index < -0.39 is 30.2 Å². The number of carbonyl (C=O) groups excluding carboxylic acids is 3. The standard InChI is InChI=1S/C21H21FN2O4S2/c1-24(12-18(25)23-17-8-6-16(22)7-9-17)19(26)13-28-20(27)14-2-4-15(5-3-14)21-29-10-11-30-21/h2-9,21H,10-13H2,1H3,(H,23,25). The van der Waals surface area contributed by atoms with E-state index in [1.807, 2.05) is 35.7 Å². The van der Waals surface area contributed by atoms with Gasteiger partial charge in [0, 0.05) is 24.2 Å². The quantitative estimate of drug-likeness (QED) is 0.653. The molecular formula is C21H21FN2O4S2. The minimum absolute atomic E-state index is 0.223. The van der Waals surface area contributed by atoms with Crippen LogP contribution in [0.4, 0.5) is 10.1 Å². The van der Waals surface area contributed by atoms with E-state index in [9.17, 15) is 18.8 Å². The molecule has 9 heteroatoms. The van der Waals surface area contributed by atoms with Crippen LogP contribution < -0.4 is 5.32 Å². The number of amides is 2. The Morgan fingerprint density at radius 1 is 1.07 bits per heavy atom. The number of benzene rings is 2. The molecule has 1 aliphatic heterocycles. The van der Waals surface area contributed by atoms with Crippen molar-refractivity contribution in [2.45, 2.75) is 4.58 Å². The Hall–Kier alpha value is -2.52. The van der Waals surface area contributed by atoms with Crippen molar-refractivity contribution in [1.82, 2.24) is 4.90 Å². The van der Waals surface area contributed by atoms with Crippen LogP contribution in [0.5, 0.6) is 0 Å². The molecule has 0 radical (unpaired) electrons. The van der Waals surface area contributed by atoms with Gasteiger partial charge in [-0.3, -0.25) is 9.59 Å². The van der Waals surface area contributed by atoms with Crippen LogP contribution in [-0.2, 0) is 14.3 Å². The molecule has 1 saturated heterocycles. The van der Waals surface area contributed by atoms with Crippen molar-refractivity contribution < 1.29 is 23.5 Å². The first-order valence-electron chi connectivity index (χ1n) is 9.22. The van der Waals surface area contributed by atoms with Crippen molar-refractivity contribution in [3.8, 4) is 0 Å². The molecule has 2 aromatic rings. The van der Waals surface area contributed by atoms with Gasteiger partial charge in [0.05, 0.1) is 16.7 Å². The van der Waals surface area contributed by atoms with E-state index in [4.69, 9.17) is 4.74 Å². The van der Waals surface area contributed by atoms with Gasteiger partial charge in [0.25, 0.3) is 5.91 Å². The monoisotopic (exact) mass is 448 g/mol. The number of hydrogen-bond donors (Lipinski definition) is 1. The van der Waals surface area contributed by atoms with Crippen LogP contribution in [0.3, 0.4) is 0 Å². The Morgan fingerprint density at radius 3 is 2.33 bits per heavy atom. The Kier molecular flexibility index (Phi) is 7.75. The average Bonchev–Trinajstić information content (AvgIpc) is 3.28. The van der Waals surface area contributed by atoms with Crippen molar-refractivity contribution in [3.05, 3.63) is 65.5 Å². The molecule has 158 valence electrons. The summed E-state index contributed by atoms with van der Waals surface area (Å²) in [6, 6.07) is 12.5. The van der Waals surface area contributed by atoms with E-state index in [1.54, 1.807) is 12.1 Å². The lowest BCUT2D eigenvalue weighted by molar-refractivity contribution is -0.136. The summed E-state index contributed by atoms with van der Waals surface area (Å²) in [6.45, 7) is -0.686. The van der Waals surface area contributed by atoms with Crippen molar-refractivity contribution in [3.63, 3.8) is 0 Å². The Bertz CT molecular complexity index is 900. The summed E-state index contributed by atoms with van der Waals surface area (Å²) in [4.78, 5) is 37.5. The fraction of sp³-hybridized carbons (Fsp3) is 0.286. The third-order valence-electron chi connectivity index (χ3n) is 4.30. The number of nitrogens with one attached hydrogen (secondary N) is 1. The maximum Gasteiger partial charge on any atom is 0.338 e. The van der Waals surface area contributed by atoms with Gasteiger partial charge in [0.15, 0.2) is 6.61 Å². The van der Waals surface area contributed by atoms with E-state index in [1.165, 1.54) is 31.3 Å². The molecule has 3 rings (SSSR count). The highest BCUT2D eigenvalue weighted by atomic mass is 32.2. The molecule has 0 aromatic heterocycles. The number of nitrogens with zero attached hydrogens (tertiary/aromatic N) is 1. The molecule has 0 atom stereocenters. The zero-order valence-electron chi connectivity index (χ0n) is 16.3. The van der Waals surface area contributed by atoms with Gasteiger partial charge in [-0.2, -0.15) is 0 Å². The maximum absolute atomic E-state index is 12.9. The van der Waals surface area contributed by atoms with Crippen molar-refractivity contribution >= 4 is 47.0 Å². The van der Waals surface area contributed by atoms with E-state index in [-0.39, 0.29) is 6.54 Å². The van der Waals surface area contributed by atoms with Gasteiger partial charge >= 0.3 is 5.97 Å². The summed E-state index contributed by atoms with van der Waals surface area (Å²) in [5.41, 5.74) is 1.95. The van der Waals surface area contributed by atoms with Crippen molar-refractivity contribution in [2.24, 2.45) is 0 Å². The number of hydrogen-bond acceptors (Lipinski definition) is 6. The van der Waals surface area contributed by atoms with Crippen LogP contribution in [0.2, 0.25) is 0 Å². The number of carbonyl (C=O) groups is 3. The molecule has 1 heterocycles. The lowest BCUT2D eigenvalue weighted by Gasteiger charge is -2.17. The number of thioether (sulfide) groups is 2. The molecule has 30 heavy (non-hydrogen) atoms. The van der Waals surface area contributed by atoms with Crippen LogP contribution in [-0.4, -0.2) is 54.4 Å². The molecule has 0 unspecified atom stereocenters. The van der Waals surface area contributed by atoms with E-state index in [2.05, 4.69) is 5.32 Å². The molecule has 2 amide bonds. The topological polar surface area (TPSA) is 75.7 Å². The predicted molar refractivity (Wildman–Crippen MR) is 117 cm³/mol. The first-order chi connectivity index (χ1) is 14.4. The lowest BCUT2D eigenvalue weighted by Crippen LogP contribution is -2.37. The van der Waals surface area contributed by atoms with Gasteiger partial charge in [-0.25, -0.2) is 9.18 Å². The summed E-state index contributed by atoms with van der Waals surface area (Å²) in [5, 5.41) is 2.56. The van der Waals surface area contributed by atoms with Crippen LogP contribution in [0, 0.1) is 5.82 Å². The number of ether oxygens (including phenoxy) is 1. The second kappa shape index (κ2) is 10.5. The Balaban J connectivity index is 1.43. The molecule has 1 fully saturated rings. The largest absolute Gasteiger partial charge is 0.452 e. The third kappa shape index (κ3) is 6.24. The van der Waals surface area contributed by atoms with Crippen molar-refractivity contribution in [2.75, 3.05) is 37.0 Å². The van der Waals surface area contributed by atoms with Gasteiger partial charge in [0.2, 0.25) is 5.91 Å². The highest BCUT2D eigenvalue weighted by Gasteiger charge is 2.19. The third-order valence-corrected chi connectivity index (χ3v) is 7.41. The molecule has 0 aliphatic carbocycles. The molecule has 1 N–H and O–H groups in total. The fourth-order valence-electron chi connectivity index (χ4n) is 2.69. The van der Waals surface area contributed by atoms with Crippen LogP contribution in [0.25, 0.3) is 0 Å². The first kappa shape index (κ1) is 22.2.